The lowest BCUT2D eigenvalue weighted by molar-refractivity contribution is 0.266. The van der Waals surface area contributed by atoms with E-state index in [1.807, 2.05) is 0 Å². The summed E-state index contributed by atoms with van der Waals surface area (Å²) in [6.07, 6.45) is 2.49. The summed E-state index contributed by atoms with van der Waals surface area (Å²) in [7, 11) is 4.33. The van der Waals surface area contributed by atoms with Crippen LogP contribution < -0.4 is 4.90 Å². The quantitative estimate of drug-likeness (QED) is 0.800. The van der Waals surface area contributed by atoms with Gasteiger partial charge in [0.2, 0.25) is 0 Å². The summed E-state index contributed by atoms with van der Waals surface area (Å²) in [4.78, 5) is 14.0. The number of nitrogens with zero attached hydrogens (tertiary/aromatic N) is 4. The molecular weight excluding hydrogens is 304 g/mol. The van der Waals surface area contributed by atoms with Crippen LogP contribution in [-0.2, 0) is 0 Å². The molecule has 0 spiro atoms. The number of hydrogen-bond acceptors (Lipinski definition) is 4. The van der Waals surface area contributed by atoms with E-state index >= 15 is 0 Å². The lowest BCUT2D eigenvalue weighted by Crippen LogP contribution is -2.34. The van der Waals surface area contributed by atoms with Crippen LogP contribution in [0.15, 0.2) is 10.7 Å². The predicted molar refractivity (Wildman–Crippen MR) is 80.6 cm³/mol. The summed E-state index contributed by atoms with van der Waals surface area (Å²) >= 11 is 3.53. The average Bonchev–Trinajstić information content (AvgIpc) is 3.11. The Labute approximate surface area is 123 Å². The molecular formula is C14H21BrN4. The number of anilines is 1. The van der Waals surface area contributed by atoms with E-state index in [4.69, 9.17) is 4.98 Å². The van der Waals surface area contributed by atoms with Crippen molar-refractivity contribution in [1.82, 2.24) is 14.9 Å². The van der Waals surface area contributed by atoms with Gasteiger partial charge in [-0.3, -0.25) is 0 Å². The first-order chi connectivity index (χ1) is 9.04. The van der Waals surface area contributed by atoms with Gasteiger partial charge in [-0.2, -0.15) is 0 Å². The molecule has 5 heteroatoms. The van der Waals surface area contributed by atoms with E-state index in [1.54, 1.807) is 0 Å². The van der Waals surface area contributed by atoms with Crippen LogP contribution in [-0.4, -0.2) is 48.1 Å². The SMILES string of the molecule is CC1CN(c2cc(Br)nc(C3CC3)n2)CC1N(C)C. The molecule has 1 aliphatic carbocycles. The largest absolute Gasteiger partial charge is 0.355 e. The van der Waals surface area contributed by atoms with E-state index < -0.39 is 0 Å². The molecule has 2 fully saturated rings. The van der Waals surface area contributed by atoms with Crippen molar-refractivity contribution in [1.29, 1.82) is 0 Å². The van der Waals surface area contributed by atoms with E-state index in [2.05, 4.69) is 57.8 Å². The summed E-state index contributed by atoms with van der Waals surface area (Å²) in [6, 6.07) is 2.66. The number of halogens is 1. The van der Waals surface area contributed by atoms with Crippen molar-refractivity contribution in [2.45, 2.75) is 31.7 Å². The van der Waals surface area contributed by atoms with Crippen LogP contribution in [0.1, 0.15) is 31.5 Å². The zero-order valence-electron chi connectivity index (χ0n) is 11.8. The fourth-order valence-electron chi connectivity index (χ4n) is 2.92. The summed E-state index contributed by atoms with van der Waals surface area (Å²) in [5.41, 5.74) is 0. The van der Waals surface area contributed by atoms with Gasteiger partial charge in [0.15, 0.2) is 0 Å². The van der Waals surface area contributed by atoms with Crippen molar-refractivity contribution in [2.24, 2.45) is 5.92 Å². The Balaban J connectivity index is 1.82. The third-order valence-electron chi connectivity index (χ3n) is 4.20. The standard InChI is InChI=1S/C14H21BrN4/c1-9-7-19(8-11(9)18(2)3)13-6-12(15)16-14(17-13)10-4-5-10/h6,9-11H,4-5,7-8H2,1-3H3. The Kier molecular flexibility index (Phi) is 3.52. The van der Waals surface area contributed by atoms with Crippen molar-refractivity contribution in [3.63, 3.8) is 0 Å². The Morgan fingerprint density at radius 1 is 1.26 bits per heavy atom. The fraction of sp³-hybridized carbons (Fsp3) is 0.714. The molecule has 1 saturated carbocycles. The van der Waals surface area contributed by atoms with Crippen molar-refractivity contribution in [3.8, 4) is 0 Å². The smallest absolute Gasteiger partial charge is 0.135 e. The van der Waals surface area contributed by atoms with Gasteiger partial charge in [0.05, 0.1) is 0 Å². The molecule has 0 amide bonds. The first kappa shape index (κ1) is 13.3. The molecule has 2 unspecified atom stereocenters. The first-order valence-corrected chi connectivity index (χ1v) is 7.79. The van der Waals surface area contributed by atoms with Gasteiger partial charge in [0.1, 0.15) is 16.2 Å². The Bertz CT molecular complexity index is 473. The van der Waals surface area contributed by atoms with Crippen LogP contribution in [0, 0.1) is 5.92 Å². The van der Waals surface area contributed by atoms with Gasteiger partial charge in [-0.25, -0.2) is 9.97 Å². The lowest BCUT2D eigenvalue weighted by Gasteiger charge is -2.22. The Hall–Kier alpha value is -0.680. The van der Waals surface area contributed by atoms with E-state index in [0.29, 0.717) is 17.9 Å². The number of hydrogen-bond donors (Lipinski definition) is 0. The Morgan fingerprint density at radius 3 is 2.58 bits per heavy atom. The highest BCUT2D eigenvalue weighted by molar-refractivity contribution is 9.10. The van der Waals surface area contributed by atoms with Gasteiger partial charge >= 0.3 is 0 Å². The van der Waals surface area contributed by atoms with Crippen molar-refractivity contribution >= 4 is 21.7 Å². The normalized spacial score (nSPS) is 27.3. The van der Waals surface area contributed by atoms with Gasteiger partial charge in [-0.1, -0.05) is 6.92 Å². The second-order valence-corrected chi connectivity index (χ2v) is 6.91. The minimum Gasteiger partial charge on any atom is -0.355 e. The molecule has 1 aromatic heterocycles. The topological polar surface area (TPSA) is 32.3 Å². The van der Waals surface area contributed by atoms with Crippen molar-refractivity contribution in [2.75, 3.05) is 32.1 Å². The van der Waals surface area contributed by atoms with Crippen LogP contribution in [0.5, 0.6) is 0 Å². The van der Waals surface area contributed by atoms with Crippen LogP contribution in [0.25, 0.3) is 0 Å². The van der Waals surface area contributed by atoms with Gasteiger partial charge < -0.3 is 9.80 Å². The summed E-state index contributed by atoms with van der Waals surface area (Å²) in [6.45, 7) is 4.46. The van der Waals surface area contributed by atoms with E-state index in [9.17, 15) is 0 Å². The molecule has 0 bridgehead atoms. The van der Waals surface area contributed by atoms with Crippen LogP contribution >= 0.6 is 15.9 Å². The number of likely N-dealkylation sites (N-methyl/N-ethyl adjacent to an activating group) is 1. The first-order valence-electron chi connectivity index (χ1n) is 7.00. The lowest BCUT2D eigenvalue weighted by atomic mass is 10.1. The molecule has 1 saturated heterocycles. The second-order valence-electron chi connectivity index (χ2n) is 6.09. The van der Waals surface area contributed by atoms with E-state index in [0.717, 1.165) is 29.3 Å². The van der Waals surface area contributed by atoms with Crippen molar-refractivity contribution < 1.29 is 0 Å². The molecule has 2 aliphatic rings. The molecule has 1 aliphatic heterocycles. The van der Waals surface area contributed by atoms with Crippen LogP contribution in [0.3, 0.4) is 0 Å². The van der Waals surface area contributed by atoms with Gasteiger partial charge in [-0.05, 0) is 48.8 Å². The molecule has 3 rings (SSSR count). The zero-order valence-corrected chi connectivity index (χ0v) is 13.4. The summed E-state index contributed by atoms with van der Waals surface area (Å²) < 4.78 is 0.917. The maximum Gasteiger partial charge on any atom is 0.135 e. The third-order valence-corrected chi connectivity index (χ3v) is 4.61. The maximum atomic E-state index is 4.77. The van der Waals surface area contributed by atoms with Gasteiger partial charge in [0.25, 0.3) is 0 Å². The summed E-state index contributed by atoms with van der Waals surface area (Å²) in [5, 5.41) is 0. The van der Waals surface area contributed by atoms with Gasteiger partial charge in [-0.15, -0.1) is 0 Å². The van der Waals surface area contributed by atoms with Crippen molar-refractivity contribution in [3.05, 3.63) is 16.5 Å². The zero-order chi connectivity index (χ0) is 13.6. The highest BCUT2D eigenvalue weighted by Crippen LogP contribution is 2.39. The fourth-order valence-corrected chi connectivity index (χ4v) is 3.30. The molecule has 2 atom stereocenters. The molecule has 0 N–H and O–H groups in total. The third kappa shape index (κ3) is 2.77. The molecule has 0 radical (unpaired) electrons. The second kappa shape index (κ2) is 5.02. The molecule has 2 heterocycles. The molecule has 1 aromatic rings. The molecule has 0 aromatic carbocycles. The molecule has 4 nitrogen and oxygen atoms in total. The Morgan fingerprint density at radius 2 is 2.00 bits per heavy atom. The van der Waals surface area contributed by atoms with Gasteiger partial charge in [0, 0.05) is 31.1 Å². The highest BCUT2D eigenvalue weighted by Gasteiger charge is 2.33. The predicted octanol–water partition coefficient (Wildman–Crippen LogP) is 2.50. The highest BCUT2D eigenvalue weighted by atomic mass is 79.9. The summed E-state index contributed by atoms with van der Waals surface area (Å²) in [5.74, 6) is 3.37. The average molecular weight is 325 g/mol. The monoisotopic (exact) mass is 324 g/mol. The van der Waals surface area contributed by atoms with E-state index in [1.165, 1.54) is 12.8 Å². The maximum absolute atomic E-state index is 4.77. The van der Waals surface area contributed by atoms with E-state index in [-0.39, 0.29) is 0 Å². The molecule has 104 valence electrons. The van der Waals surface area contributed by atoms with Crippen LogP contribution in [0.4, 0.5) is 5.82 Å². The molecule has 19 heavy (non-hydrogen) atoms. The minimum absolute atomic E-state index is 0.598. The minimum atomic E-state index is 0.598. The van der Waals surface area contributed by atoms with Crippen LogP contribution in [0.2, 0.25) is 0 Å². The number of aromatic nitrogens is 2. The number of rotatable bonds is 3.